The molecular weight excluding hydrogens is 448 g/mol. The van der Waals surface area contributed by atoms with Crippen molar-refractivity contribution in [2.75, 3.05) is 47.8 Å². The molecule has 33 heavy (non-hydrogen) atoms. The van der Waals surface area contributed by atoms with E-state index in [0.717, 1.165) is 22.7 Å². The highest BCUT2D eigenvalue weighted by molar-refractivity contribution is 7.89. The Morgan fingerprint density at radius 3 is 2.52 bits per heavy atom. The summed E-state index contributed by atoms with van der Waals surface area (Å²) in [7, 11) is 0.472. The first-order valence-electron chi connectivity index (χ1n) is 10.6. The molecule has 2 heterocycles. The van der Waals surface area contributed by atoms with Crippen molar-refractivity contribution >= 4 is 15.9 Å². The zero-order valence-corrected chi connectivity index (χ0v) is 19.7. The summed E-state index contributed by atoms with van der Waals surface area (Å²) in [6.07, 6.45) is 1.46. The summed E-state index contributed by atoms with van der Waals surface area (Å²) in [4.78, 5) is 13.0. The zero-order chi connectivity index (χ0) is 23.6. The van der Waals surface area contributed by atoms with Crippen molar-refractivity contribution in [1.29, 1.82) is 0 Å². The quantitative estimate of drug-likeness (QED) is 0.653. The van der Waals surface area contributed by atoms with E-state index in [0.29, 0.717) is 31.3 Å². The molecule has 1 fully saturated rings. The lowest BCUT2D eigenvalue weighted by molar-refractivity contribution is 0.0486. The maximum Gasteiger partial charge on any atom is 0.251 e. The van der Waals surface area contributed by atoms with Gasteiger partial charge in [-0.15, -0.1) is 0 Å². The molecule has 1 amide bonds. The molecule has 9 nitrogen and oxygen atoms in total. The van der Waals surface area contributed by atoms with E-state index in [2.05, 4.69) is 5.32 Å². The van der Waals surface area contributed by atoms with Crippen LogP contribution in [-0.4, -0.2) is 66.4 Å². The molecule has 10 heteroatoms. The van der Waals surface area contributed by atoms with E-state index in [-0.39, 0.29) is 34.3 Å². The predicted molar refractivity (Wildman–Crippen MR) is 120 cm³/mol. The second kappa shape index (κ2) is 9.20. The van der Waals surface area contributed by atoms with Crippen molar-refractivity contribution in [3.8, 4) is 17.2 Å². The summed E-state index contributed by atoms with van der Waals surface area (Å²) in [6.45, 7) is 1.73. The Morgan fingerprint density at radius 2 is 1.82 bits per heavy atom. The second-order valence-corrected chi connectivity index (χ2v) is 10.4. The van der Waals surface area contributed by atoms with Gasteiger partial charge in [0.1, 0.15) is 10.6 Å². The topological polar surface area (TPSA) is 103 Å². The second-order valence-electron chi connectivity index (χ2n) is 8.30. The number of sulfonamides is 1. The van der Waals surface area contributed by atoms with Gasteiger partial charge in [-0.2, -0.15) is 0 Å². The highest BCUT2D eigenvalue weighted by Crippen LogP contribution is 2.40. The molecular formula is C23H28N2O7S. The molecule has 2 aromatic rings. The van der Waals surface area contributed by atoms with Gasteiger partial charge in [-0.05, 0) is 48.7 Å². The molecule has 0 bridgehead atoms. The predicted octanol–water partition coefficient (Wildman–Crippen LogP) is 2.15. The number of ether oxygens (including phenoxy) is 4. The molecule has 0 unspecified atom stereocenters. The van der Waals surface area contributed by atoms with Gasteiger partial charge in [0, 0.05) is 44.8 Å². The van der Waals surface area contributed by atoms with Crippen LogP contribution in [0.25, 0.3) is 0 Å². The number of nitrogens with one attached hydrogen (secondary N) is 1. The van der Waals surface area contributed by atoms with E-state index in [9.17, 15) is 13.2 Å². The normalized spacial score (nSPS) is 17.1. The fourth-order valence-electron chi connectivity index (χ4n) is 4.12. The first-order valence-corrected chi connectivity index (χ1v) is 12.1. The van der Waals surface area contributed by atoms with Gasteiger partial charge in [0.25, 0.3) is 5.91 Å². The Balaban J connectivity index is 1.59. The van der Waals surface area contributed by atoms with Crippen LogP contribution in [0.1, 0.15) is 28.8 Å². The van der Waals surface area contributed by atoms with Gasteiger partial charge in [0.05, 0.1) is 7.11 Å². The summed E-state index contributed by atoms with van der Waals surface area (Å²) in [6, 6.07) is 10.3. The van der Waals surface area contributed by atoms with Gasteiger partial charge in [-0.25, -0.2) is 12.7 Å². The Hall–Kier alpha value is -2.82. The van der Waals surface area contributed by atoms with Crippen molar-refractivity contribution in [3.05, 3.63) is 47.5 Å². The van der Waals surface area contributed by atoms with Crippen molar-refractivity contribution in [2.45, 2.75) is 23.2 Å². The van der Waals surface area contributed by atoms with Gasteiger partial charge in [0.2, 0.25) is 16.8 Å². The van der Waals surface area contributed by atoms with Gasteiger partial charge in [0.15, 0.2) is 11.5 Å². The molecule has 178 valence electrons. The molecule has 1 saturated heterocycles. The van der Waals surface area contributed by atoms with Gasteiger partial charge in [-0.3, -0.25) is 4.79 Å². The standard InChI is InChI=1S/C23H28N2O7S/c1-25(2)33(27,28)21-12-16(4-6-19(21)29-3)22(26)24-14-23(8-10-30-11-9-23)17-5-7-18-20(13-17)32-15-31-18/h4-7,12-13H,8-11,14-15H2,1-3H3,(H,24,26). The maximum atomic E-state index is 13.1. The van der Waals surface area contributed by atoms with E-state index >= 15 is 0 Å². The molecule has 1 N–H and O–H groups in total. The van der Waals surface area contributed by atoms with Gasteiger partial charge < -0.3 is 24.3 Å². The maximum absolute atomic E-state index is 13.1. The van der Waals surface area contributed by atoms with E-state index in [4.69, 9.17) is 18.9 Å². The van der Waals surface area contributed by atoms with Crippen LogP contribution in [0, 0.1) is 0 Å². The van der Waals surface area contributed by atoms with Crippen LogP contribution in [0.15, 0.2) is 41.3 Å². The number of benzene rings is 2. The highest BCUT2D eigenvalue weighted by Gasteiger charge is 2.36. The molecule has 0 aliphatic carbocycles. The molecule has 2 aliphatic rings. The Kier molecular flexibility index (Phi) is 6.51. The van der Waals surface area contributed by atoms with Crippen LogP contribution >= 0.6 is 0 Å². The first-order chi connectivity index (χ1) is 15.8. The number of methoxy groups -OCH3 is 1. The summed E-state index contributed by atoms with van der Waals surface area (Å²) in [5, 5.41) is 3.01. The number of hydrogen-bond donors (Lipinski definition) is 1. The van der Waals surface area contributed by atoms with Crippen LogP contribution in [0.4, 0.5) is 0 Å². The average molecular weight is 477 g/mol. The smallest absolute Gasteiger partial charge is 0.251 e. The SMILES string of the molecule is COc1ccc(C(=O)NCC2(c3ccc4c(c3)OCO4)CCOCC2)cc1S(=O)(=O)N(C)C. The number of amides is 1. The molecule has 2 aliphatic heterocycles. The first kappa shape index (κ1) is 23.3. The molecule has 0 radical (unpaired) electrons. The van der Waals surface area contributed by atoms with E-state index < -0.39 is 10.0 Å². The van der Waals surface area contributed by atoms with Crippen molar-refractivity contribution in [3.63, 3.8) is 0 Å². The van der Waals surface area contributed by atoms with Crippen molar-refractivity contribution in [2.24, 2.45) is 0 Å². The largest absolute Gasteiger partial charge is 0.495 e. The Morgan fingerprint density at radius 1 is 1.09 bits per heavy atom. The number of carbonyl (C=O) groups excluding carboxylic acids is 1. The van der Waals surface area contributed by atoms with Gasteiger partial charge >= 0.3 is 0 Å². The molecule has 0 saturated carbocycles. The van der Waals surface area contributed by atoms with Crippen LogP contribution < -0.4 is 19.5 Å². The van der Waals surface area contributed by atoms with Crippen molar-refractivity contribution < 1.29 is 32.2 Å². The summed E-state index contributed by atoms with van der Waals surface area (Å²) >= 11 is 0. The number of rotatable bonds is 7. The third-order valence-electron chi connectivity index (χ3n) is 6.21. The van der Waals surface area contributed by atoms with Crippen molar-refractivity contribution in [1.82, 2.24) is 9.62 Å². The molecule has 0 spiro atoms. The minimum Gasteiger partial charge on any atom is -0.495 e. The Labute approximate surface area is 193 Å². The monoisotopic (exact) mass is 476 g/mol. The van der Waals surface area contributed by atoms with Crippen LogP contribution in [-0.2, 0) is 20.2 Å². The minimum absolute atomic E-state index is 0.0563. The number of carbonyl (C=O) groups is 1. The number of hydrogen-bond acceptors (Lipinski definition) is 7. The third-order valence-corrected chi connectivity index (χ3v) is 8.04. The minimum atomic E-state index is -3.79. The fourth-order valence-corrected chi connectivity index (χ4v) is 5.20. The lowest BCUT2D eigenvalue weighted by atomic mass is 9.74. The molecule has 2 aromatic carbocycles. The van der Waals surface area contributed by atoms with E-state index in [1.54, 1.807) is 6.07 Å². The molecule has 4 rings (SSSR count). The van der Waals surface area contributed by atoms with E-state index in [1.807, 2.05) is 18.2 Å². The fraction of sp³-hybridized carbons (Fsp3) is 0.435. The number of fused-ring (bicyclic) bond motifs is 1. The molecule has 0 atom stereocenters. The summed E-state index contributed by atoms with van der Waals surface area (Å²) in [5.74, 6) is 1.22. The van der Waals surface area contributed by atoms with Crippen LogP contribution in [0.2, 0.25) is 0 Å². The summed E-state index contributed by atoms with van der Waals surface area (Å²) < 4.78 is 48.2. The van der Waals surface area contributed by atoms with Crippen LogP contribution in [0.3, 0.4) is 0 Å². The summed E-state index contributed by atoms with van der Waals surface area (Å²) in [5.41, 5.74) is 0.949. The third kappa shape index (κ3) is 4.50. The molecule has 0 aromatic heterocycles. The lowest BCUT2D eigenvalue weighted by Crippen LogP contribution is -2.44. The zero-order valence-electron chi connectivity index (χ0n) is 18.9. The average Bonchev–Trinajstić information content (AvgIpc) is 3.30. The number of nitrogens with zero attached hydrogens (tertiary/aromatic N) is 1. The Bertz CT molecular complexity index is 1140. The lowest BCUT2D eigenvalue weighted by Gasteiger charge is -2.38. The van der Waals surface area contributed by atoms with E-state index in [1.165, 1.54) is 33.3 Å². The van der Waals surface area contributed by atoms with Crippen LogP contribution in [0.5, 0.6) is 17.2 Å². The highest BCUT2D eigenvalue weighted by atomic mass is 32.2. The van der Waals surface area contributed by atoms with Gasteiger partial charge in [-0.1, -0.05) is 6.07 Å².